The summed E-state index contributed by atoms with van der Waals surface area (Å²) in [5.74, 6) is 0.432. The lowest BCUT2D eigenvalue weighted by Crippen LogP contribution is -2.29. The van der Waals surface area contributed by atoms with Gasteiger partial charge in [0.2, 0.25) is 0 Å². The van der Waals surface area contributed by atoms with Gasteiger partial charge in [0.25, 0.3) is 11.1 Å². The molecule has 2 aliphatic rings. The number of pyridine rings is 2. The van der Waals surface area contributed by atoms with Crippen molar-refractivity contribution in [3.05, 3.63) is 79.4 Å². The van der Waals surface area contributed by atoms with E-state index in [9.17, 15) is 14.7 Å². The molecule has 0 saturated heterocycles. The van der Waals surface area contributed by atoms with E-state index < -0.39 is 0 Å². The second-order valence-corrected chi connectivity index (χ2v) is 10.3. The van der Waals surface area contributed by atoms with Crippen LogP contribution in [0.3, 0.4) is 0 Å². The minimum Gasteiger partial charge on any atom is -0.392 e. The smallest absolute Gasteiger partial charge is 0.258 e. The van der Waals surface area contributed by atoms with Crippen molar-refractivity contribution in [3.63, 3.8) is 0 Å². The summed E-state index contributed by atoms with van der Waals surface area (Å²) in [5, 5.41) is 18.1. The van der Waals surface area contributed by atoms with E-state index in [1.54, 1.807) is 23.4 Å². The molecule has 4 aromatic rings. The number of aliphatic hydroxyl groups is 1. The Labute approximate surface area is 237 Å². The van der Waals surface area contributed by atoms with Crippen LogP contribution in [0.2, 0.25) is 0 Å². The predicted molar refractivity (Wildman–Crippen MR) is 160 cm³/mol. The fourth-order valence-electron chi connectivity index (χ4n) is 5.63. The molecule has 212 valence electrons. The van der Waals surface area contributed by atoms with Crippen molar-refractivity contribution in [1.29, 1.82) is 0 Å². The van der Waals surface area contributed by atoms with Gasteiger partial charge in [-0.05, 0) is 48.9 Å². The molecule has 6 rings (SSSR count). The summed E-state index contributed by atoms with van der Waals surface area (Å²) in [5.41, 5.74) is 7.11. The number of hydrogen-bond acceptors (Lipinski definition) is 7. The summed E-state index contributed by atoms with van der Waals surface area (Å²) in [6.07, 6.45) is 3.57. The Morgan fingerprint density at radius 3 is 1.73 bits per heavy atom. The average molecular weight is 567 g/mol. The minimum absolute atomic E-state index is 0.00311. The van der Waals surface area contributed by atoms with Crippen molar-refractivity contribution in [2.45, 2.75) is 51.6 Å². The van der Waals surface area contributed by atoms with Gasteiger partial charge in [0.05, 0.1) is 29.0 Å². The number of halogens is 1. The van der Waals surface area contributed by atoms with Gasteiger partial charge in [-0.2, -0.15) is 0 Å². The maximum absolute atomic E-state index is 12.6. The van der Waals surface area contributed by atoms with Crippen molar-refractivity contribution in [2.75, 3.05) is 37.9 Å². The molecule has 0 aliphatic carbocycles. The lowest BCUT2D eigenvalue weighted by molar-refractivity contribution is 0.131. The third kappa shape index (κ3) is 5.22. The molecule has 9 nitrogen and oxygen atoms in total. The van der Waals surface area contributed by atoms with Crippen LogP contribution in [-0.4, -0.2) is 41.5 Å². The normalized spacial score (nSPS) is 14.1. The molecule has 40 heavy (non-hydrogen) atoms. The molecule has 0 fully saturated rings. The highest BCUT2D eigenvalue weighted by Crippen LogP contribution is 2.31. The predicted octanol–water partition coefficient (Wildman–Crippen LogP) is 4.16. The highest BCUT2D eigenvalue weighted by Gasteiger charge is 2.20. The molecule has 0 amide bonds. The lowest BCUT2D eigenvalue weighted by atomic mass is 10.00. The van der Waals surface area contributed by atoms with Gasteiger partial charge < -0.3 is 25.2 Å². The molecule has 2 aliphatic heterocycles. The molecule has 4 heterocycles. The van der Waals surface area contributed by atoms with E-state index in [4.69, 9.17) is 21.1 Å². The Kier molecular flexibility index (Phi) is 8.75. The Balaban J connectivity index is 0.000000161. The first-order valence-electron chi connectivity index (χ1n) is 13.5. The quantitative estimate of drug-likeness (QED) is 0.301. The lowest BCUT2D eigenvalue weighted by Gasteiger charge is -2.22. The van der Waals surface area contributed by atoms with Gasteiger partial charge in [-0.25, -0.2) is 0 Å². The van der Waals surface area contributed by atoms with Gasteiger partial charge in [-0.1, -0.05) is 24.3 Å². The van der Waals surface area contributed by atoms with Gasteiger partial charge in [0.15, 0.2) is 0 Å². The summed E-state index contributed by atoms with van der Waals surface area (Å²) >= 11 is 5.91. The molecule has 3 N–H and O–H groups in total. The standard InChI is InChI=1S/C15H17ClN2O2.C15H18N2O3/c1-20-9-18-13-7-10(8-16)4-5-11(13)14-12(15(18)19)3-2-6-17-14;1-20-9-17-13-7-10(8-18)4-5-11(13)14-12(15(17)19)3-2-6-16-14/h4-5,7,17H,2-3,6,8-9H2,1H3;4-5,7,16,18H,2-3,6,8-9H2,1H3. The largest absolute Gasteiger partial charge is 0.392 e. The molecule has 10 heteroatoms. The summed E-state index contributed by atoms with van der Waals surface area (Å²) in [6.45, 7) is 2.23. The van der Waals surface area contributed by atoms with Gasteiger partial charge in [0.1, 0.15) is 13.5 Å². The number of hydrogen-bond donors (Lipinski definition) is 3. The third-order valence-corrected chi connectivity index (χ3v) is 7.83. The van der Waals surface area contributed by atoms with E-state index in [-0.39, 0.29) is 31.2 Å². The Bertz CT molecular complexity index is 1540. The Morgan fingerprint density at radius 2 is 1.27 bits per heavy atom. The van der Waals surface area contributed by atoms with E-state index in [2.05, 4.69) is 10.6 Å². The number of rotatable bonds is 6. The zero-order valence-corrected chi connectivity index (χ0v) is 23.6. The van der Waals surface area contributed by atoms with Crippen molar-refractivity contribution < 1.29 is 14.6 Å². The van der Waals surface area contributed by atoms with Crippen molar-refractivity contribution in [2.24, 2.45) is 0 Å². The number of benzene rings is 2. The zero-order chi connectivity index (χ0) is 28.2. The SMILES string of the molecule is COCn1c(=O)c2c(c3ccc(CCl)cc31)NCCC2.COCn1c(=O)c2c(c3ccc(CO)cc31)NCCC2. The van der Waals surface area contributed by atoms with Gasteiger partial charge in [0, 0.05) is 55.1 Å². The first kappa shape index (κ1) is 28.2. The second-order valence-electron chi connectivity index (χ2n) is 10.1. The molecule has 0 atom stereocenters. The molecular weight excluding hydrogens is 532 g/mol. The van der Waals surface area contributed by atoms with Crippen LogP contribution >= 0.6 is 11.6 Å². The summed E-state index contributed by atoms with van der Waals surface area (Å²) in [4.78, 5) is 25.2. The van der Waals surface area contributed by atoms with E-state index >= 15 is 0 Å². The van der Waals surface area contributed by atoms with Crippen LogP contribution in [0.5, 0.6) is 0 Å². The maximum atomic E-state index is 12.6. The van der Waals surface area contributed by atoms with Gasteiger partial charge >= 0.3 is 0 Å². The number of aliphatic hydroxyl groups excluding tert-OH is 1. The van der Waals surface area contributed by atoms with Gasteiger partial charge in [-0.15, -0.1) is 11.6 Å². The van der Waals surface area contributed by atoms with Crippen LogP contribution in [0.25, 0.3) is 21.8 Å². The van der Waals surface area contributed by atoms with Crippen molar-refractivity contribution >= 4 is 44.8 Å². The van der Waals surface area contributed by atoms with Crippen molar-refractivity contribution in [1.82, 2.24) is 9.13 Å². The second kappa shape index (κ2) is 12.4. The molecule has 0 bridgehead atoms. The molecule has 0 radical (unpaired) electrons. The highest BCUT2D eigenvalue weighted by molar-refractivity contribution is 6.17. The van der Waals surface area contributed by atoms with Crippen LogP contribution < -0.4 is 21.8 Å². The number of nitrogens with one attached hydrogen (secondary N) is 2. The minimum atomic E-state index is -0.0401. The van der Waals surface area contributed by atoms with Crippen molar-refractivity contribution in [3.8, 4) is 0 Å². The van der Waals surface area contributed by atoms with Crippen LogP contribution in [0, 0.1) is 0 Å². The summed E-state index contributed by atoms with van der Waals surface area (Å²) < 4.78 is 13.7. The van der Waals surface area contributed by atoms with Crippen LogP contribution in [0.4, 0.5) is 11.4 Å². The first-order valence-corrected chi connectivity index (χ1v) is 14.0. The molecular formula is C30H35ClN4O5. The maximum Gasteiger partial charge on any atom is 0.258 e. The zero-order valence-electron chi connectivity index (χ0n) is 22.9. The first-order chi connectivity index (χ1) is 19.5. The topological polar surface area (TPSA) is 107 Å². The monoisotopic (exact) mass is 566 g/mol. The molecule has 0 unspecified atom stereocenters. The van der Waals surface area contributed by atoms with E-state index in [0.717, 1.165) is 94.2 Å². The molecule has 0 spiro atoms. The van der Waals surface area contributed by atoms with E-state index in [1.165, 1.54) is 0 Å². The van der Waals surface area contributed by atoms with Crippen LogP contribution in [0.1, 0.15) is 35.1 Å². The highest BCUT2D eigenvalue weighted by atomic mass is 35.5. The fourth-order valence-corrected chi connectivity index (χ4v) is 5.79. The van der Waals surface area contributed by atoms with E-state index in [0.29, 0.717) is 5.88 Å². The Hall–Kier alpha value is -3.37. The Morgan fingerprint density at radius 1 is 0.800 bits per heavy atom. The molecule has 0 saturated carbocycles. The summed E-state index contributed by atoms with van der Waals surface area (Å²) in [6, 6.07) is 11.7. The fraction of sp³-hybridized carbons (Fsp3) is 0.400. The third-order valence-electron chi connectivity index (χ3n) is 7.52. The number of aromatic nitrogens is 2. The average Bonchev–Trinajstić information content (AvgIpc) is 3.01. The number of nitrogens with zero attached hydrogens (tertiary/aromatic N) is 2. The van der Waals surface area contributed by atoms with Crippen LogP contribution in [-0.2, 0) is 48.3 Å². The number of methoxy groups -OCH3 is 2. The number of ether oxygens (including phenoxy) is 2. The number of anilines is 2. The number of alkyl halides is 1. The molecule has 2 aromatic carbocycles. The number of fused-ring (bicyclic) bond motifs is 6. The van der Waals surface area contributed by atoms with Gasteiger partial charge in [-0.3, -0.25) is 18.7 Å². The summed E-state index contributed by atoms with van der Waals surface area (Å²) in [7, 11) is 3.17. The van der Waals surface area contributed by atoms with Crippen LogP contribution in [0.15, 0.2) is 46.0 Å². The molecule has 2 aromatic heterocycles. The van der Waals surface area contributed by atoms with E-state index in [1.807, 2.05) is 36.4 Å².